The highest BCUT2D eigenvalue weighted by Gasteiger charge is 2.28. The Bertz CT molecular complexity index is 2340. The van der Waals surface area contributed by atoms with E-state index in [-0.39, 0.29) is 0 Å². The van der Waals surface area contributed by atoms with Gasteiger partial charge in [0, 0.05) is 27.9 Å². The fourth-order valence-corrected chi connectivity index (χ4v) is 6.46. The Hall–Kier alpha value is -6.00. The number of para-hydroxylation sites is 5. The summed E-state index contributed by atoms with van der Waals surface area (Å²) >= 11 is 0. The Kier molecular flexibility index (Phi) is 5.47. The third kappa shape index (κ3) is 3.78. The highest BCUT2D eigenvalue weighted by Crippen LogP contribution is 2.53. The van der Waals surface area contributed by atoms with E-state index in [2.05, 4.69) is 131 Å². The molecule has 0 spiro atoms. The van der Waals surface area contributed by atoms with Gasteiger partial charge in [0.05, 0.1) is 28.4 Å². The van der Waals surface area contributed by atoms with Crippen LogP contribution in [0.2, 0.25) is 0 Å². The SMILES string of the molecule is c1ccc(N2c3ccccc3Oc3cc(N(c4cccc5ccccc45)c4cccc5c4oc4ccccc45)ccc32)cc1. The number of benzene rings is 7. The van der Waals surface area contributed by atoms with Gasteiger partial charge in [-0.1, -0.05) is 97.1 Å². The van der Waals surface area contributed by atoms with Crippen molar-refractivity contribution in [1.82, 2.24) is 0 Å². The first-order valence-corrected chi connectivity index (χ1v) is 14.8. The Morgan fingerprint density at radius 1 is 0.477 bits per heavy atom. The maximum atomic E-state index is 6.62. The summed E-state index contributed by atoms with van der Waals surface area (Å²) in [7, 11) is 0. The first-order chi connectivity index (χ1) is 21.8. The van der Waals surface area contributed by atoms with Crippen LogP contribution in [0.1, 0.15) is 0 Å². The predicted octanol–water partition coefficient (Wildman–Crippen LogP) is 11.8. The largest absolute Gasteiger partial charge is 0.454 e. The first-order valence-electron chi connectivity index (χ1n) is 14.8. The van der Waals surface area contributed by atoms with Gasteiger partial charge in [-0.05, 0) is 60.0 Å². The minimum atomic E-state index is 0.784. The molecule has 4 heteroatoms. The summed E-state index contributed by atoms with van der Waals surface area (Å²) in [6.45, 7) is 0. The number of hydrogen-bond donors (Lipinski definition) is 0. The van der Waals surface area contributed by atoms with E-state index >= 15 is 0 Å². The number of nitrogens with zero attached hydrogens (tertiary/aromatic N) is 2. The normalized spacial score (nSPS) is 12.2. The van der Waals surface area contributed by atoms with E-state index in [1.807, 2.05) is 36.4 Å². The van der Waals surface area contributed by atoms with Crippen molar-refractivity contribution >= 4 is 66.8 Å². The smallest absolute Gasteiger partial charge is 0.159 e. The summed E-state index contributed by atoms with van der Waals surface area (Å²) < 4.78 is 13.2. The third-order valence-corrected chi connectivity index (χ3v) is 8.41. The van der Waals surface area contributed by atoms with E-state index < -0.39 is 0 Å². The Morgan fingerprint density at radius 2 is 1.16 bits per heavy atom. The molecule has 9 rings (SSSR count). The Labute approximate surface area is 254 Å². The van der Waals surface area contributed by atoms with E-state index in [0.29, 0.717) is 0 Å². The number of anilines is 6. The van der Waals surface area contributed by atoms with Crippen molar-refractivity contribution in [2.75, 3.05) is 9.80 Å². The second-order valence-electron chi connectivity index (χ2n) is 11.0. The van der Waals surface area contributed by atoms with Crippen molar-refractivity contribution in [3.8, 4) is 11.5 Å². The molecule has 0 radical (unpaired) electrons. The van der Waals surface area contributed by atoms with Gasteiger partial charge in [0.1, 0.15) is 5.58 Å². The molecule has 0 bridgehead atoms. The summed E-state index contributed by atoms with van der Waals surface area (Å²) in [6.07, 6.45) is 0. The number of hydrogen-bond acceptors (Lipinski definition) is 4. The fraction of sp³-hybridized carbons (Fsp3) is 0. The lowest BCUT2D eigenvalue weighted by molar-refractivity contribution is 0.477. The molecule has 1 aromatic heterocycles. The zero-order valence-electron chi connectivity index (χ0n) is 23.7. The van der Waals surface area contributed by atoms with Crippen molar-refractivity contribution in [3.05, 3.63) is 158 Å². The lowest BCUT2D eigenvalue weighted by Crippen LogP contribution is -2.17. The van der Waals surface area contributed by atoms with Gasteiger partial charge in [-0.25, -0.2) is 0 Å². The maximum Gasteiger partial charge on any atom is 0.159 e. The molecule has 1 aliphatic rings. The highest BCUT2D eigenvalue weighted by atomic mass is 16.5. The molecular weight excluding hydrogens is 540 g/mol. The summed E-state index contributed by atoms with van der Waals surface area (Å²) in [5.74, 6) is 1.60. The minimum Gasteiger partial charge on any atom is -0.454 e. The van der Waals surface area contributed by atoms with E-state index in [9.17, 15) is 0 Å². The van der Waals surface area contributed by atoms with Gasteiger partial charge in [-0.15, -0.1) is 0 Å². The molecule has 1 aliphatic heterocycles. The van der Waals surface area contributed by atoms with Crippen molar-refractivity contribution in [1.29, 1.82) is 0 Å². The van der Waals surface area contributed by atoms with Gasteiger partial charge in [0.15, 0.2) is 17.1 Å². The molecule has 44 heavy (non-hydrogen) atoms. The second kappa shape index (κ2) is 9.79. The van der Waals surface area contributed by atoms with Crippen LogP contribution in [0.15, 0.2) is 162 Å². The van der Waals surface area contributed by atoms with E-state index in [4.69, 9.17) is 9.15 Å². The third-order valence-electron chi connectivity index (χ3n) is 8.41. The molecule has 0 saturated heterocycles. The van der Waals surface area contributed by atoms with Gasteiger partial charge in [0.2, 0.25) is 0 Å². The summed E-state index contributed by atoms with van der Waals surface area (Å²) in [4.78, 5) is 4.56. The van der Waals surface area contributed by atoms with E-state index in [0.717, 1.165) is 72.9 Å². The summed E-state index contributed by atoms with van der Waals surface area (Å²) in [5.41, 5.74) is 7.79. The standard InChI is InChI=1S/C40H26N2O2/c1-2-14-28(15-3-1)41-34-19-7-9-23-38(34)43-39-26-29(24-25-35(39)41)42(33-20-10-13-27-12-4-5-16-30(27)33)36-21-11-18-32-31-17-6-8-22-37(31)44-40(32)36/h1-26H. The molecule has 2 heterocycles. The van der Waals surface area contributed by atoms with Crippen LogP contribution >= 0.6 is 0 Å². The number of ether oxygens (including phenoxy) is 1. The topological polar surface area (TPSA) is 28.9 Å². The molecule has 0 atom stereocenters. The highest BCUT2D eigenvalue weighted by molar-refractivity contribution is 6.11. The van der Waals surface area contributed by atoms with Crippen LogP contribution in [0.3, 0.4) is 0 Å². The number of rotatable bonds is 4. The van der Waals surface area contributed by atoms with Gasteiger partial charge < -0.3 is 19.0 Å². The molecule has 0 saturated carbocycles. The molecule has 0 aliphatic carbocycles. The van der Waals surface area contributed by atoms with Gasteiger partial charge in [-0.3, -0.25) is 0 Å². The fourth-order valence-electron chi connectivity index (χ4n) is 6.46. The van der Waals surface area contributed by atoms with Gasteiger partial charge >= 0.3 is 0 Å². The molecular formula is C40H26N2O2. The quantitative estimate of drug-likeness (QED) is 0.212. The predicted molar refractivity (Wildman–Crippen MR) is 181 cm³/mol. The lowest BCUT2D eigenvalue weighted by Gasteiger charge is -2.34. The maximum absolute atomic E-state index is 6.62. The van der Waals surface area contributed by atoms with E-state index in [1.165, 1.54) is 5.39 Å². The first kappa shape index (κ1) is 24.6. The molecule has 0 unspecified atom stereocenters. The molecule has 0 amide bonds. The monoisotopic (exact) mass is 566 g/mol. The summed E-state index contributed by atoms with van der Waals surface area (Å²) in [6, 6.07) is 54.7. The van der Waals surface area contributed by atoms with Crippen LogP contribution < -0.4 is 14.5 Å². The summed E-state index contributed by atoms with van der Waals surface area (Å²) in [5, 5.41) is 4.51. The van der Waals surface area contributed by atoms with Crippen LogP contribution in [0.25, 0.3) is 32.7 Å². The average Bonchev–Trinajstić information content (AvgIpc) is 3.47. The van der Waals surface area contributed by atoms with Crippen molar-refractivity contribution in [3.63, 3.8) is 0 Å². The second-order valence-corrected chi connectivity index (χ2v) is 11.0. The zero-order valence-corrected chi connectivity index (χ0v) is 23.7. The van der Waals surface area contributed by atoms with Crippen LogP contribution in [0, 0.1) is 0 Å². The van der Waals surface area contributed by atoms with Crippen LogP contribution in [-0.2, 0) is 0 Å². The van der Waals surface area contributed by atoms with Crippen molar-refractivity contribution in [2.45, 2.75) is 0 Å². The Balaban J connectivity index is 1.30. The van der Waals surface area contributed by atoms with Gasteiger partial charge in [0.25, 0.3) is 0 Å². The van der Waals surface area contributed by atoms with Gasteiger partial charge in [-0.2, -0.15) is 0 Å². The number of fused-ring (bicyclic) bond motifs is 6. The van der Waals surface area contributed by atoms with Crippen molar-refractivity contribution < 1.29 is 9.15 Å². The van der Waals surface area contributed by atoms with Crippen LogP contribution in [0.5, 0.6) is 11.5 Å². The number of furan rings is 1. The van der Waals surface area contributed by atoms with Crippen molar-refractivity contribution in [2.24, 2.45) is 0 Å². The molecule has 7 aromatic carbocycles. The molecule has 208 valence electrons. The minimum absolute atomic E-state index is 0.784. The van der Waals surface area contributed by atoms with E-state index in [1.54, 1.807) is 0 Å². The molecule has 0 N–H and O–H groups in total. The molecule has 8 aromatic rings. The average molecular weight is 567 g/mol. The zero-order chi connectivity index (χ0) is 29.0. The molecule has 4 nitrogen and oxygen atoms in total. The van der Waals surface area contributed by atoms with Crippen LogP contribution in [-0.4, -0.2) is 0 Å². The lowest BCUT2D eigenvalue weighted by atomic mass is 10.0. The van der Waals surface area contributed by atoms with Crippen LogP contribution in [0.4, 0.5) is 34.1 Å². The Morgan fingerprint density at radius 3 is 2.09 bits per heavy atom. The molecule has 0 fully saturated rings.